The molecule has 0 aliphatic rings. The molecule has 19 heavy (non-hydrogen) atoms. The zero-order chi connectivity index (χ0) is 13.7. The van der Waals surface area contributed by atoms with Crippen molar-refractivity contribution < 1.29 is 4.39 Å². The molecule has 0 amide bonds. The molecule has 2 rings (SSSR count). The third-order valence-corrected chi connectivity index (χ3v) is 3.39. The maximum Gasteiger partial charge on any atom is 0.124 e. The zero-order valence-corrected chi connectivity index (χ0v) is 11.6. The molecule has 2 aromatic carbocycles. The fraction of sp³-hybridized carbons (Fsp3) is 0.250. The Labute approximate surface area is 118 Å². The first-order valence-electron chi connectivity index (χ1n) is 6.36. The fourth-order valence-electron chi connectivity index (χ4n) is 1.99. The summed E-state index contributed by atoms with van der Waals surface area (Å²) in [5.74, 6) is -0.300. The van der Waals surface area contributed by atoms with Gasteiger partial charge >= 0.3 is 0 Å². The number of hydrogen-bond donors (Lipinski definition) is 1. The van der Waals surface area contributed by atoms with Gasteiger partial charge in [0.05, 0.1) is 0 Å². The minimum absolute atomic E-state index is 0.300. The minimum atomic E-state index is -0.300. The smallest absolute Gasteiger partial charge is 0.124 e. The summed E-state index contributed by atoms with van der Waals surface area (Å²) in [7, 11) is 0. The van der Waals surface area contributed by atoms with Crippen LogP contribution in [0.2, 0.25) is 5.02 Å². The van der Waals surface area contributed by atoms with Crippen LogP contribution in [0.25, 0.3) is 0 Å². The highest BCUT2D eigenvalue weighted by Crippen LogP contribution is 2.17. The fourth-order valence-corrected chi connectivity index (χ4v) is 2.22. The molecule has 1 nitrogen and oxygen atoms in total. The van der Waals surface area contributed by atoms with E-state index in [4.69, 9.17) is 11.6 Å². The molecule has 0 radical (unpaired) electrons. The lowest BCUT2D eigenvalue weighted by Gasteiger charge is -2.14. The van der Waals surface area contributed by atoms with Gasteiger partial charge in [-0.15, -0.1) is 0 Å². The monoisotopic (exact) mass is 277 g/mol. The maximum atomic E-state index is 12.9. The maximum absolute atomic E-state index is 12.9. The summed E-state index contributed by atoms with van der Waals surface area (Å²) in [5.41, 5.74) is 2.22. The lowest BCUT2D eigenvalue weighted by Crippen LogP contribution is -2.27. The van der Waals surface area contributed by atoms with E-state index in [1.54, 1.807) is 6.07 Å². The van der Waals surface area contributed by atoms with Gasteiger partial charge in [-0.3, -0.25) is 0 Å². The molecule has 0 spiro atoms. The number of rotatable bonds is 5. The third-order valence-electron chi connectivity index (χ3n) is 3.04. The molecule has 1 atom stereocenters. The topological polar surface area (TPSA) is 12.0 Å². The normalized spacial score (nSPS) is 12.4. The molecule has 0 saturated carbocycles. The van der Waals surface area contributed by atoms with E-state index in [-0.39, 0.29) is 5.82 Å². The number of benzene rings is 2. The van der Waals surface area contributed by atoms with Gasteiger partial charge in [0.15, 0.2) is 0 Å². The van der Waals surface area contributed by atoms with E-state index in [0.29, 0.717) is 17.6 Å². The van der Waals surface area contributed by atoms with Gasteiger partial charge in [-0.1, -0.05) is 48.0 Å². The van der Waals surface area contributed by atoms with Crippen molar-refractivity contribution >= 4 is 11.6 Å². The molecule has 0 bridgehead atoms. The van der Waals surface area contributed by atoms with Crippen LogP contribution in [0.4, 0.5) is 4.39 Å². The van der Waals surface area contributed by atoms with Crippen molar-refractivity contribution in [3.8, 4) is 0 Å². The Balaban J connectivity index is 1.88. The molecular weight excluding hydrogens is 261 g/mol. The minimum Gasteiger partial charge on any atom is -0.310 e. The summed E-state index contributed by atoms with van der Waals surface area (Å²) in [6, 6.07) is 15.2. The molecule has 1 unspecified atom stereocenters. The summed E-state index contributed by atoms with van der Waals surface area (Å²) in [5, 5.41) is 3.87. The molecule has 1 N–H and O–H groups in total. The molecule has 0 saturated heterocycles. The summed E-state index contributed by atoms with van der Waals surface area (Å²) in [4.78, 5) is 0. The Morgan fingerprint density at radius 1 is 1.16 bits per heavy atom. The third kappa shape index (κ3) is 4.34. The van der Waals surface area contributed by atoms with Gasteiger partial charge in [0.25, 0.3) is 0 Å². The molecule has 100 valence electrons. The van der Waals surface area contributed by atoms with Crippen LogP contribution in [0.3, 0.4) is 0 Å². The van der Waals surface area contributed by atoms with E-state index in [0.717, 1.165) is 12.0 Å². The SMILES string of the molecule is CC(Cc1ccccc1)NCc1ccc(F)cc1Cl. The Kier molecular flexibility index (Phi) is 4.94. The predicted octanol–water partition coefficient (Wildman–Crippen LogP) is 4.20. The van der Waals surface area contributed by atoms with Gasteiger partial charge in [0, 0.05) is 17.6 Å². The van der Waals surface area contributed by atoms with Gasteiger partial charge in [-0.2, -0.15) is 0 Å². The average Bonchev–Trinajstić information content (AvgIpc) is 2.39. The van der Waals surface area contributed by atoms with Crippen LogP contribution in [0.15, 0.2) is 48.5 Å². The summed E-state index contributed by atoms with van der Waals surface area (Å²) in [6.45, 7) is 2.78. The van der Waals surface area contributed by atoms with E-state index in [1.165, 1.54) is 17.7 Å². The van der Waals surface area contributed by atoms with Crippen molar-refractivity contribution in [2.75, 3.05) is 0 Å². The van der Waals surface area contributed by atoms with Crippen molar-refractivity contribution in [2.24, 2.45) is 0 Å². The summed E-state index contributed by atoms with van der Waals surface area (Å²) < 4.78 is 12.9. The van der Waals surface area contributed by atoms with Crippen LogP contribution in [0.5, 0.6) is 0 Å². The molecule has 0 aromatic heterocycles. The standard InChI is InChI=1S/C16H17ClFN/c1-12(9-13-5-3-2-4-6-13)19-11-14-7-8-15(18)10-16(14)17/h2-8,10,12,19H,9,11H2,1H3. The van der Waals surface area contributed by atoms with Crippen LogP contribution >= 0.6 is 11.6 Å². The first-order chi connectivity index (χ1) is 9.15. The van der Waals surface area contributed by atoms with Crippen LogP contribution in [0.1, 0.15) is 18.1 Å². The Morgan fingerprint density at radius 2 is 1.89 bits per heavy atom. The molecule has 2 aromatic rings. The molecule has 3 heteroatoms. The second-order valence-electron chi connectivity index (χ2n) is 4.71. The van der Waals surface area contributed by atoms with E-state index in [2.05, 4.69) is 24.4 Å². The average molecular weight is 278 g/mol. The molecule has 0 fully saturated rings. The van der Waals surface area contributed by atoms with Gasteiger partial charge in [-0.05, 0) is 36.6 Å². The first-order valence-corrected chi connectivity index (χ1v) is 6.74. The Bertz CT molecular complexity index is 528. The zero-order valence-electron chi connectivity index (χ0n) is 10.9. The highest BCUT2D eigenvalue weighted by molar-refractivity contribution is 6.31. The number of halogens is 2. The second-order valence-corrected chi connectivity index (χ2v) is 5.11. The van der Waals surface area contributed by atoms with Gasteiger partial charge < -0.3 is 5.32 Å². The molecule has 0 heterocycles. The van der Waals surface area contributed by atoms with Gasteiger partial charge in [0.1, 0.15) is 5.82 Å². The largest absolute Gasteiger partial charge is 0.310 e. The summed E-state index contributed by atoms with van der Waals surface area (Å²) in [6.07, 6.45) is 0.958. The van der Waals surface area contributed by atoms with E-state index >= 15 is 0 Å². The molecule has 0 aliphatic heterocycles. The quantitative estimate of drug-likeness (QED) is 0.864. The van der Waals surface area contributed by atoms with Crippen LogP contribution in [0, 0.1) is 5.82 Å². The highest BCUT2D eigenvalue weighted by Gasteiger charge is 2.06. The lowest BCUT2D eigenvalue weighted by atomic mass is 10.1. The van der Waals surface area contributed by atoms with E-state index < -0.39 is 0 Å². The van der Waals surface area contributed by atoms with Crippen molar-refractivity contribution in [1.29, 1.82) is 0 Å². The molecular formula is C16H17ClFN. The van der Waals surface area contributed by atoms with Crippen molar-refractivity contribution in [3.63, 3.8) is 0 Å². The lowest BCUT2D eigenvalue weighted by molar-refractivity contribution is 0.544. The Morgan fingerprint density at radius 3 is 2.58 bits per heavy atom. The number of nitrogens with one attached hydrogen (secondary N) is 1. The Hall–Kier alpha value is -1.38. The van der Waals surface area contributed by atoms with Crippen molar-refractivity contribution in [1.82, 2.24) is 5.32 Å². The van der Waals surface area contributed by atoms with Gasteiger partial charge in [-0.25, -0.2) is 4.39 Å². The number of hydrogen-bond acceptors (Lipinski definition) is 1. The van der Waals surface area contributed by atoms with Gasteiger partial charge in [0.2, 0.25) is 0 Å². The predicted molar refractivity (Wildman–Crippen MR) is 77.9 cm³/mol. The second kappa shape index (κ2) is 6.69. The van der Waals surface area contributed by atoms with Crippen LogP contribution in [-0.2, 0) is 13.0 Å². The molecule has 0 aliphatic carbocycles. The van der Waals surface area contributed by atoms with E-state index in [1.807, 2.05) is 18.2 Å². The van der Waals surface area contributed by atoms with Crippen molar-refractivity contribution in [3.05, 3.63) is 70.5 Å². The summed E-state index contributed by atoms with van der Waals surface area (Å²) >= 11 is 5.99. The highest BCUT2D eigenvalue weighted by atomic mass is 35.5. The van der Waals surface area contributed by atoms with Crippen molar-refractivity contribution in [2.45, 2.75) is 25.9 Å². The first kappa shape index (κ1) is 14.0. The van der Waals surface area contributed by atoms with Crippen LogP contribution < -0.4 is 5.32 Å². The van der Waals surface area contributed by atoms with Crippen LogP contribution in [-0.4, -0.2) is 6.04 Å². The van der Waals surface area contributed by atoms with E-state index in [9.17, 15) is 4.39 Å².